The fourth-order valence-electron chi connectivity index (χ4n) is 3.12. The van der Waals surface area contributed by atoms with E-state index in [1.807, 2.05) is 27.7 Å². The van der Waals surface area contributed by atoms with E-state index >= 15 is 0 Å². The molecule has 0 saturated heterocycles. The Bertz CT molecular complexity index is 468. The highest BCUT2D eigenvalue weighted by atomic mass is 16.5. The zero-order valence-corrected chi connectivity index (χ0v) is 25.5. The van der Waals surface area contributed by atoms with Crippen molar-refractivity contribution < 1.29 is 30.0 Å². The number of rotatable bonds is 12. The molecule has 1 rings (SSSR count). The van der Waals surface area contributed by atoms with Crippen molar-refractivity contribution >= 4 is 5.78 Å². The van der Waals surface area contributed by atoms with Gasteiger partial charge in [0.2, 0.25) is 0 Å². The first-order valence-electron chi connectivity index (χ1n) is 14.6. The van der Waals surface area contributed by atoms with Gasteiger partial charge in [-0.3, -0.25) is 4.79 Å². The molecule has 36 heavy (non-hydrogen) atoms. The lowest BCUT2D eigenvalue weighted by molar-refractivity contribution is -0.124. The minimum Gasteiger partial charge on any atom is -0.393 e. The molecule has 1 fully saturated rings. The van der Waals surface area contributed by atoms with Crippen LogP contribution in [0.15, 0.2) is 0 Å². The molecule has 0 aliphatic heterocycles. The quantitative estimate of drug-likeness (QED) is 0.245. The topological polar surface area (TPSA) is 107 Å². The summed E-state index contributed by atoms with van der Waals surface area (Å²) in [5, 5.41) is 35.8. The normalized spacial score (nSPS) is 23.2. The van der Waals surface area contributed by atoms with Crippen molar-refractivity contribution in [3.63, 3.8) is 0 Å². The van der Waals surface area contributed by atoms with E-state index < -0.39 is 6.10 Å². The standard InChI is InChI=1S/C9H18O2.C9H18O.C8H18O2.C4H10O/c1-4-7(3)9(11)6-8(10)5-2;1-3-8-5-4-7(2)9(10)6-8;1-4-7(2)5-10-6-8(3)9;1-3-4(2)5/h7-8,10H,4-6H2,1-3H3;7-10H,3-6H2,1-2H3;7-9H,4-6H2,1-3H3;4-5H,3H2,1-2H3. The molecule has 8 atom stereocenters. The lowest BCUT2D eigenvalue weighted by Crippen LogP contribution is -2.26. The molecule has 0 aromatic heterocycles. The van der Waals surface area contributed by atoms with Gasteiger partial charge in [0, 0.05) is 18.9 Å². The average molecular weight is 521 g/mol. The monoisotopic (exact) mass is 520 g/mol. The molecule has 0 aromatic rings. The molecule has 0 spiro atoms. The lowest BCUT2D eigenvalue weighted by atomic mass is 9.80. The van der Waals surface area contributed by atoms with Crippen molar-refractivity contribution in [3.05, 3.63) is 0 Å². The molecular formula is C30H64O6. The Morgan fingerprint density at radius 3 is 1.75 bits per heavy atom. The van der Waals surface area contributed by atoms with Crippen LogP contribution in [0.5, 0.6) is 0 Å². The molecule has 8 unspecified atom stereocenters. The van der Waals surface area contributed by atoms with Gasteiger partial charge in [0.15, 0.2) is 0 Å². The number of carbonyl (C=O) groups is 1. The molecule has 0 bridgehead atoms. The van der Waals surface area contributed by atoms with Crippen LogP contribution in [0, 0.1) is 23.7 Å². The largest absolute Gasteiger partial charge is 0.393 e. The van der Waals surface area contributed by atoms with Crippen LogP contribution >= 0.6 is 0 Å². The predicted molar refractivity (Wildman–Crippen MR) is 152 cm³/mol. The van der Waals surface area contributed by atoms with Crippen molar-refractivity contribution in [2.45, 2.75) is 151 Å². The summed E-state index contributed by atoms with van der Waals surface area (Å²) in [6.45, 7) is 21.1. The second-order valence-electron chi connectivity index (χ2n) is 10.8. The molecule has 1 aliphatic carbocycles. The minimum atomic E-state index is -0.434. The van der Waals surface area contributed by atoms with Crippen molar-refractivity contribution in [3.8, 4) is 0 Å². The van der Waals surface area contributed by atoms with E-state index in [1.54, 1.807) is 13.8 Å². The molecule has 0 heterocycles. The second kappa shape index (κ2) is 26.1. The fourth-order valence-corrected chi connectivity index (χ4v) is 3.12. The number of ketones is 1. The molecule has 0 aromatic carbocycles. The Morgan fingerprint density at radius 2 is 1.39 bits per heavy atom. The smallest absolute Gasteiger partial charge is 0.138 e. The Morgan fingerprint density at radius 1 is 0.833 bits per heavy atom. The highest BCUT2D eigenvalue weighted by Crippen LogP contribution is 2.30. The summed E-state index contributed by atoms with van der Waals surface area (Å²) in [6, 6.07) is 0. The zero-order valence-electron chi connectivity index (χ0n) is 25.5. The molecule has 0 amide bonds. The molecular weight excluding hydrogens is 456 g/mol. The molecule has 1 saturated carbocycles. The highest BCUT2D eigenvalue weighted by Gasteiger charge is 2.24. The van der Waals surface area contributed by atoms with Gasteiger partial charge in [-0.2, -0.15) is 0 Å². The van der Waals surface area contributed by atoms with E-state index in [0.717, 1.165) is 38.2 Å². The number of carbonyl (C=O) groups excluding carboxylic acids is 1. The van der Waals surface area contributed by atoms with Crippen LogP contribution in [0.25, 0.3) is 0 Å². The first kappa shape index (κ1) is 40.0. The maximum Gasteiger partial charge on any atom is 0.138 e. The van der Waals surface area contributed by atoms with Gasteiger partial charge in [0.05, 0.1) is 31.0 Å². The summed E-state index contributed by atoms with van der Waals surface area (Å²) in [5.41, 5.74) is 0. The first-order valence-corrected chi connectivity index (χ1v) is 14.6. The van der Waals surface area contributed by atoms with Gasteiger partial charge in [-0.05, 0) is 63.7 Å². The summed E-state index contributed by atoms with van der Waals surface area (Å²) < 4.78 is 5.20. The average Bonchev–Trinajstić information content (AvgIpc) is 2.85. The van der Waals surface area contributed by atoms with Crippen LogP contribution in [0.2, 0.25) is 0 Å². The van der Waals surface area contributed by atoms with Gasteiger partial charge in [-0.15, -0.1) is 0 Å². The fraction of sp³-hybridized carbons (Fsp3) is 0.967. The van der Waals surface area contributed by atoms with Crippen LogP contribution in [-0.4, -0.2) is 63.8 Å². The van der Waals surface area contributed by atoms with Crippen LogP contribution in [0.1, 0.15) is 127 Å². The summed E-state index contributed by atoms with van der Waals surface area (Å²) in [4.78, 5) is 11.2. The van der Waals surface area contributed by atoms with E-state index in [-0.39, 0.29) is 30.0 Å². The molecule has 6 nitrogen and oxygen atoms in total. The summed E-state index contributed by atoms with van der Waals surface area (Å²) in [6.07, 6.45) is 7.80. The first-order chi connectivity index (χ1) is 16.8. The van der Waals surface area contributed by atoms with Crippen molar-refractivity contribution in [1.82, 2.24) is 0 Å². The van der Waals surface area contributed by atoms with E-state index in [1.165, 1.54) is 19.3 Å². The third-order valence-corrected chi connectivity index (χ3v) is 6.96. The summed E-state index contributed by atoms with van der Waals surface area (Å²) in [5.74, 6) is 2.24. The van der Waals surface area contributed by atoms with E-state index in [9.17, 15) is 9.90 Å². The molecule has 0 radical (unpaired) electrons. The highest BCUT2D eigenvalue weighted by molar-refractivity contribution is 5.80. The maximum atomic E-state index is 11.2. The van der Waals surface area contributed by atoms with Crippen LogP contribution in [-0.2, 0) is 9.53 Å². The minimum absolute atomic E-state index is 0.0151. The van der Waals surface area contributed by atoms with Gasteiger partial charge < -0.3 is 25.2 Å². The van der Waals surface area contributed by atoms with Crippen LogP contribution in [0.4, 0.5) is 0 Å². The van der Waals surface area contributed by atoms with Crippen molar-refractivity contribution in [1.29, 1.82) is 0 Å². The van der Waals surface area contributed by atoms with E-state index in [2.05, 4.69) is 27.7 Å². The Labute approximate surface area is 224 Å². The number of hydrogen-bond donors (Lipinski definition) is 4. The van der Waals surface area contributed by atoms with Crippen LogP contribution in [0.3, 0.4) is 0 Å². The zero-order chi connectivity index (χ0) is 28.7. The van der Waals surface area contributed by atoms with Crippen molar-refractivity contribution in [2.24, 2.45) is 23.7 Å². The van der Waals surface area contributed by atoms with Gasteiger partial charge in [0.25, 0.3) is 0 Å². The van der Waals surface area contributed by atoms with Gasteiger partial charge >= 0.3 is 0 Å². The number of aliphatic hydroxyl groups excluding tert-OH is 4. The molecule has 220 valence electrons. The van der Waals surface area contributed by atoms with Crippen LogP contribution < -0.4 is 0 Å². The molecule has 1 aliphatic rings. The number of hydrogen-bond acceptors (Lipinski definition) is 6. The Balaban J connectivity index is -0.000000416. The number of aliphatic hydroxyl groups is 4. The third-order valence-electron chi connectivity index (χ3n) is 6.96. The van der Waals surface area contributed by atoms with Crippen molar-refractivity contribution in [2.75, 3.05) is 13.2 Å². The number of ether oxygens (including phenoxy) is 1. The van der Waals surface area contributed by atoms with E-state index in [0.29, 0.717) is 31.3 Å². The summed E-state index contributed by atoms with van der Waals surface area (Å²) >= 11 is 0. The Hall–Kier alpha value is -0.530. The lowest BCUT2D eigenvalue weighted by Gasteiger charge is -2.30. The van der Waals surface area contributed by atoms with E-state index in [4.69, 9.17) is 20.1 Å². The maximum absolute atomic E-state index is 11.2. The van der Waals surface area contributed by atoms with Gasteiger partial charge in [0.1, 0.15) is 5.78 Å². The number of Topliss-reactive ketones (excluding diaryl/α,β-unsaturated/α-hetero) is 1. The SMILES string of the molecule is CCC(C)COCC(C)O.CCC(C)O.CCC(O)CC(=O)C(C)CC.CCC1CCC(C)C(O)C1. The predicted octanol–water partition coefficient (Wildman–Crippen LogP) is 6.16. The molecule has 6 heteroatoms. The Kier molecular flexibility index (Phi) is 29.0. The third kappa shape index (κ3) is 26.5. The molecule has 4 N–H and O–H groups in total. The van der Waals surface area contributed by atoms with Gasteiger partial charge in [-0.1, -0.05) is 74.7 Å². The second-order valence-corrected chi connectivity index (χ2v) is 10.8. The van der Waals surface area contributed by atoms with Gasteiger partial charge in [-0.25, -0.2) is 0 Å². The summed E-state index contributed by atoms with van der Waals surface area (Å²) in [7, 11) is 0.